The van der Waals surface area contributed by atoms with Crippen molar-refractivity contribution in [2.24, 2.45) is 0 Å². The van der Waals surface area contributed by atoms with Gasteiger partial charge in [-0.25, -0.2) is 0 Å². The van der Waals surface area contributed by atoms with Crippen LogP contribution >= 0.6 is 12.4 Å². The molecule has 2 heterocycles. The van der Waals surface area contributed by atoms with E-state index in [4.69, 9.17) is 0 Å². The molecule has 0 fully saturated rings. The molecule has 0 atom stereocenters. The number of rotatable bonds is 2. The van der Waals surface area contributed by atoms with E-state index < -0.39 is 0 Å². The van der Waals surface area contributed by atoms with Crippen LogP contribution in [-0.2, 0) is 19.5 Å². The third kappa shape index (κ3) is 2.82. The van der Waals surface area contributed by atoms with Crippen molar-refractivity contribution in [2.45, 2.75) is 33.4 Å². The van der Waals surface area contributed by atoms with Crippen LogP contribution in [-0.4, -0.2) is 16.3 Å². The van der Waals surface area contributed by atoms with Gasteiger partial charge in [-0.1, -0.05) is 29.8 Å². The summed E-state index contributed by atoms with van der Waals surface area (Å²) in [7, 11) is 0. The fourth-order valence-corrected chi connectivity index (χ4v) is 2.61. The summed E-state index contributed by atoms with van der Waals surface area (Å²) in [5.41, 5.74) is 6.62. The molecule has 0 saturated heterocycles. The molecule has 19 heavy (non-hydrogen) atoms. The Morgan fingerprint density at radius 1 is 1.21 bits per heavy atom. The summed E-state index contributed by atoms with van der Waals surface area (Å²) in [4.78, 5) is 0. The minimum atomic E-state index is 0. The van der Waals surface area contributed by atoms with Gasteiger partial charge in [-0.2, -0.15) is 5.10 Å². The van der Waals surface area contributed by atoms with E-state index in [-0.39, 0.29) is 12.4 Å². The highest BCUT2D eigenvalue weighted by Crippen LogP contribution is 2.19. The molecule has 102 valence electrons. The molecule has 0 bridgehead atoms. The number of aromatic nitrogens is 2. The van der Waals surface area contributed by atoms with Crippen LogP contribution in [0.3, 0.4) is 0 Å². The summed E-state index contributed by atoms with van der Waals surface area (Å²) in [6.07, 6.45) is 1.11. The number of nitrogens with one attached hydrogen (secondary N) is 1. The van der Waals surface area contributed by atoms with Gasteiger partial charge in [-0.15, -0.1) is 12.4 Å². The van der Waals surface area contributed by atoms with Gasteiger partial charge < -0.3 is 5.32 Å². The monoisotopic (exact) mass is 277 g/mol. The zero-order valence-electron chi connectivity index (χ0n) is 11.4. The molecule has 0 saturated carbocycles. The van der Waals surface area contributed by atoms with Crippen molar-refractivity contribution in [3.8, 4) is 0 Å². The van der Waals surface area contributed by atoms with Gasteiger partial charge in [0.25, 0.3) is 0 Å². The van der Waals surface area contributed by atoms with E-state index in [2.05, 4.69) is 53.2 Å². The fraction of sp³-hybridized carbons (Fsp3) is 0.400. The largest absolute Gasteiger partial charge is 0.311 e. The quantitative estimate of drug-likeness (QED) is 0.915. The van der Waals surface area contributed by atoms with Crippen LogP contribution in [0.25, 0.3) is 0 Å². The molecule has 1 aliphatic rings. The highest BCUT2D eigenvalue weighted by molar-refractivity contribution is 5.85. The van der Waals surface area contributed by atoms with Crippen LogP contribution < -0.4 is 5.32 Å². The topological polar surface area (TPSA) is 29.9 Å². The van der Waals surface area contributed by atoms with Crippen molar-refractivity contribution in [3.05, 3.63) is 52.3 Å². The van der Waals surface area contributed by atoms with Gasteiger partial charge in [-0.3, -0.25) is 4.68 Å². The van der Waals surface area contributed by atoms with Gasteiger partial charge in [0.15, 0.2) is 0 Å². The smallest absolute Gasteiger partial charge is 0.0663 e. The van der Waals surface area contributed by atoms with E-state index in [1.165, 1.54) is 28.1 Å². The lowest BCUT2D eigenvalue weighted by Crippen LogP contribution is -2.25. The summed E-state index contributed by atoms with van der Waals surface area (Å²) < 4.78 is 2.15. The third-order valence-electron chi connectivity index (χ3n) is 3.66. The maximum Gasteiger partial charge on any atom is 0.0663 e. The van der Waals surface area contributed by atoms with E-state index in [0.717, 1.165) is 26.1 Å². The van der Waals surface area contributed by atoms with Gasteiger partial charge in [0.1, 0.15) is 0 Å². The second-order valence-electron chi connectivity index (χ2n) is 5.08. The molecule has 4 heteroatoms. The normalized spacial score (nSPS) is 13.8. The zero-order valence-corrected chi connectivity index (χ0v) is 12.3. The maximum atomic E-state index is 4.69. The number of nitrogens with zero attached hydrogens (tertiary/aromatic N) is 2. The van der Waals surface area contributed by atoms with Crippen LogP contribution in [0.5, 0.6) is 0 Å². The molecule has 1 aromatic carbocycles. The Kier molecular flexibility index (Phi) is 4.27. The molecule has 0 radical (unpaired) electrons. The molecule has 0 unspecified atom stereocenters. The van der Waals surface area contributed by atoms with Crippen LogP contribution in [0.2, 0.25) is 0 Å². The molecule has 1 aromatic heterocycles. The zero-order chi connectivity index (χ0) is 12.5. The minimum absolute atomic E-state index is 0. The first-order valence-corrected chi connectivity index (χ1v) is 6.55. The second-order valence-corrected chi connectivity index (χ2v) is 5.08. The standard InChI is InChI=1S/C15H19N3.ClH/c1-11-3-5-13(6-4-11)10-18-15-9-16-8-7-14(15)12(2)17-18;/h3-6,16H,7-10H2,1-2H3;1H. The Morgan fingerprint density at radius 3 is 2.68 bits per heavy atom. The highest BCUT2D eigenvalue weighted by atomic mass is 35.5. The third-order valence-corrected chi connectivity index (χ3v) is 3.66. The number of benzene rings is 1. The SMILES string of the molecule is Cc1ccc(Cn2nc(C)c3c2CNCC3)cc1.Cl. The number of fused-ring (bicyclic) bond motifs is 1. The predicted octanol–water partition coefficient (Wildman–Crippen LogP) is 2.62. The van der Waals surface area contributed by atoms with E-state index >= 15 is 0 Å². The molecule has 0 amide bonds. The number of hydrogen-bond donors (Lipinski definition) is 1. The highest BCUT2D eigenvalue weighted by Gasteiger charge is 2.17. The summed E-state index contributed by atoms with van der Waals surface area (Å²) >= 11 is 0. The second kappa shape index (κ2) is 5.76. The van der Waals surface area contributed by atoms with Crippen molar-refractivity contribution in [1.82, 2.24) is 15.1 Å². The van der Waals surface area contributed by atoms with Crippen molar-refractivity contribution in [3.63, 3.8) is 0 Å². The summed E-state index contributed by atoms with van der Waals surface area (Å²) in [6.45, 7) is 7.13. The van der Waals surface area contributed by atoms with Crippen molar-refractivity contribution in [2.75, 3.05) is 6.54 Å². The lowest BCUT2D eigenvalue weighted by Gasteiger charge is -2.15. The lowest BCUT2D eigenvalue weighted by molar-refractivity contribution is 0.570. The molecule has 3 nitrogen and oxygen atoms in total. The van der Waals surface area contributed by atoms with Gasteiger partial charge in [0.2, 0.25) is 0 Å². The first-order chi connectivity index (χ1) is 8.74. The van der Waals surface area contributed by atoms with E-state index in [1.54, 1.807) is 0 Å². The van der Waals surface area contributed by atoms with E-state index in [0.29, 0.717) is 0 Å². The van der Waals surface area contributed by atoms with Crippen LogP contribution in [0.1, 0.15) is 28.1 Å². The Morgan fingerprint density at radius 2 is 1.95 bits per heavy atom. The van der Waals surface area contributed by atoms with Crippen LogP contribution in [0.4, 0.5) is 0 Å². The summed E-state index contributed by atoms with van der Waals surface area (Å²) in [5, 5.41) is 8.12. The predicted molar refractivity (Wildman–Crippen MR) is 79.9 cm³/mol. The average Bonchev–Trinajstić information content (AvgIpc) is 2.70. The minimum Gasteiger partial charge on any atom is -0.311 e. The van der Waals surface area contributed by atoms with Crippen molar-refractivity contribution >= 4 is 12.4 Å². The molecular weight excluding hydrogens is 258 g/mol. The van der Waals surface area contributed by atoms with Gasteiger partial charge in [-0.05, 0) is 37.9 Å². The Hall–Kier alpha value is -1.32. The lowest BCUT2D eigenvalue weighted by atomic mass is 10.1. The molecule has 0 aliphatic carbocycles. The Labute approximate surface area is 120 Å². The Balaban J connectivity index is 0.00000133. The van der Waals surface area contributed by atoms with Crippen LogP contribution in [0, 0.1) is 13.8 Å². The summed E-state index contributed by atoms with van der Waals surface area (Å²) in [6, 6.07) is 8.71. The van der Waals surface area contributed by atoms with Crippen molar-refractivity contribution in [1.29, 1.82) is 0 Å². The number of halogens is 1. The van der Waals surface area contributed by atoms with E-state index in [9.17, 15) is 0 Å². The fourth-order valence-electron chi connectivity index (χ4n) is 2.61. The molecule has 0 spiro atoms. The van der Waals surface area contributed by atoms with Gasteiger partial charge in [0, 0.05) is 6.54 Å². The van der Waals surface area contributed by atoms with Crippen LogP contribution in [0.15, 0.2) is 24.3 Å². The van der Waals surface area contributed by atoms with E-state index in [1.807, 2.05) is 0 Å². The first kappa shape index (κ1) is 14.1. The number of hydrogen-bond acceptors (Lipinski definition) is 2. The molecule has 3 rings (SSSR count). The first-order valence-electron chi connectivity index (χ1n) is 6.55. The molecule has 2 aromatic rings. The molecular formula is C15H20ClN3. The molecule has 1 aliphatic heterocycles. The molecule has 1 N–H and O–H groups in total. The average molecular weight is 278 g/mol. The van der Waals surface area contributed by atoms with Gasteiger partial charge in [0.05, 0.1) is 17.9 Å². The van der Waals surface area contributed by atoms with Gasteiger partial charge >= 0.3 is 0 Å². The Bertz CT molecular complexity index is 558. The summed E-state index contributed by atoms with van der Waals surface area (Å²) in [5.74, 6) is 0. The maximum absolute atomic E-state index is 4.69. The van der Waals surface area contributed by atoms with Crippen molar-refractivity contribution < 1.29 is 0 Å². The number of aryl methyl sites for hydroxylation is 2.